The van der Waals surface area contributed by atoms with Gasteiger partial charge in [0.25, 0.3) is 0 Å². The lowest BCUT2D eigenvalue weighted by molar-refractivity contribution is 0.0969. The maximum atomic E-state index is 9.14. The Morgan fingerprint density at radius 3 is 2.65 bits per heavy atom. The highest BCUT2D eigenvalue weighted by Gasteiger charge is 2.18. The van der Waals surface area contributed by atoms with Gasteiger partial charge in [0.15, 0.2) is 11.5 Å². The van der Waals surface area contributed by atoms with E-state index < -0.39 is 0 Å². The van der Waals surface area contributed by atoms with Crippen LogP contribution in [0.3, 0.4) is 0 Å². The summed E-state index contributed by atoms with van der Waals surface area (Å²) in [6, 6.07) is 5.51. The number of aliphatic hydroxyl groups excluding tert-OH is 1. The molecule has 2 rings (SSSR count). The molecule has 0 aliphatic carbocycles. The SMILES string of the molecule is CC(C)(CO)COc1ccc2c(c1)OCCO2. The monoisotopic (exact) mass is 238 g/mol. The zero-order chi connectivity index (χ0) is 12.3. The average molecular weight is 238 g/mol. The fraction of sp³-hybridized carbons (Fsp3) is 0.538. The van der Waals surface area contributed by atoms with Gasteiger partial charge in [-0.1, -0.05) is 13.8 Å². The van der Waals surface area contributed by atoms with Crippen LogP contribution in [-0.4, -0.2) is 31.5 Å². The third-order valence-corrected chi connectivity index (χ3v) is 2.57. The van der Waals surface area contributed by atoms with E-state index in [-0.39, 0.29) is 12.0 Å². The summed E-state index contributed by atoms with van der Waals surface area (Å²) < 4.78 is 16.5. The molecule has 0 fully saturated rings. The second-order valence-electron chi connectivity index (χ2n) is 4.92. The third-order valence-electron chi connectivity index (χ3n) is 2.57. The largest absolute Gasteiger partial charge is 0.493 e. The van der Waals surface area contributed by atoms with Gasteiger partial charge in [-0.05, 0) is 12.1 Å². The van der Waals surface area contributed by atoms with Crippen molar-refractivity contribution in [3.8, 4) is 17.2 Å². The normalized spacial score (nSPS) is 14.5. The van der Waals surface area contributed by atoms with Gasteiger partial charge in [-0.3, -0.25) is 0 Å². The number of fused-ring (bicyclic) bond motifs is 1. The molecule has 1 aromatic carbocycles. The van der Waals surface area contributed by atoms with Gasteiger partial charge in [0.1, 0.15) is 19.0 Å². The molecule has 0 unspecified atom stereocenters. The molecule has 0 atom stereocenters. The first-order valence-electron chi connectivity index (χ1n) is 5.74. The Labute approximate surface area is 101 Å². The second kappa shape index (κ2) is 4.84. The van der Waals surface area contributed by atoms with Crippen molar-refractivity contribution in [3.05, 3.63) is 18.2 Å². The fourth-order valence-corrected chi connectivity index (χ4v) is 1.44. The van der Waals surface area contributed by atoms with Crippen LogP contribution in [0.25, 0.3) is 0 Å². The van der Waals surface area contributed by atoms with Crippen LogP contribution >= 0.6 is 0 Å². The molecule has 0 bridgehead atoms. The first-order chi connectivity index (χ1) is 8.11. The molecule has 4 nitrogen and oxygen atoms in total. The van der Waals surface area contributed by atoms with E-state index in [9.17, 15) is 0 Å². The van der Waals surface area contributed by atoms with Crippen molar-refractivity contribution in [2.45, 2.75) is 13.8 Å². The number of ether oxygens (including phenoxy) is 3. The molecular weight excluding hydrogens is 220 g/mol. The summed E-state index contributed by atoms with van der Waals surface area (Å²) >= 11 is 0. The highest BCUT2D eigenvalue weighted by Crippen LogP contribution is 2.33. The van der Waals surface area contributed by atoms with E-state index in [0.717, 1.165) is 17.2 Å². The summed E-state index contributed by atoms with van der Waals surface area (Å²) in [6.07, 6.45) is 0. The van der Waals surface area contributed by atoms with E-state index in [2.05, 4.69) is 0 Å². The Balaban J connectivity index is 2.02. The summed E-state index contributed by atoms with van der Waals surface area (Å²) in [5.74, 6) is 2.20. The molecule has 94 valence electrons. The number of aliphatic hydroxyl groups is 1. The van der Waals surface area contributed by atoms with Crippen LogP contribution in [0.4, 0.5) is 0 Å². The number of hydrogen-bond acceptors (Lipinski definition) is 4. The van der Waals surface area contributed by atoms with Crippen molar-refractivity contribution in [3.63, 3.8) is 0 Å². The minimum atomic E-state index is -0.243. The minimum absolute atomic E-state index is 0.0948. The number of rotatable bonds is 4. The van der Waals surface area contributed by atoms with Crippen LogP contribution in [0.2, 0.25) is 0 Å². The smallest absolute Gasteiger partial charge is 0.165 e. The molecule has 0 radical (unpaired) electrons. The van der Waals surface area contributed by atoms with Gasteiger partial charge < -0.3 is 19.3 Å². The predicted molar refractivity (Wildman–Crippen MR) is 63.8 cm³/mol. The highest BCUT2D eigenvalue weighted by atomic mass is 16.6. The predicted octanol–water partition coefficient (Wildman–Crippen LogP) is 1.86. The van der Waals surface area contributed by atoms with E-state index >= 15 is 0 Å². The van der Waals surface area contributed by atoms with Gasteiger partial charge in [-0.2, -0.15) is 0 Å². The Bertz CT molecular complexity index is 387. The molecule has 1 N–H and O–H groups in total. The first kappa shape index (κ1) is 12.0. The van der Waals surface area contributed by atoms with Crippen LogP contribution in [0.1, 0.15) is 13.8 Å². The maximum absolute atomic E-state index is 9.14. The zero-order valence-electron chi connectivity index (χ0n) is 10.2. The van der Waals surface area contributed by atoms with Crippen LogP contribution in [0, 0.1) is 5.41 Å². The van der Waals surface area contributed by atoms with Gasteiger partial charge >= 0.3 is 0 Å². The standard InChI is InChI=1S/C13H18O4/c1-13(2,8-14)9-17-10-3-4-11-12(7-10)16-6-5-15-11/h3-4,7,14H,5-6,8-9H2,1-2H3. The lowest BCUT2D eigenvalue weighted by atomic mass is 9.96. The van der Waals surface area contributed by atoms with Gasteiger partial charge in [-0.25, -0.2) is 0 Å². The molecule has 0 amide bonds. The first-order valence-corrected chi connectivity index (χ1v) is 5.74. The molecule has 0 saturated heterocycles. The highest BCUT2D eigenvalue weighted by molar-refractivity contribution is 5.46. The van der Waals surface area contributed by atoms with Gasteiger partial charge in [0.05, 0.1) is 13.2 Å². The quantitative estimate of drug-likeness (QED) is 0.869. The van der Waals surface area contributed by atoms with Crippen molar-refractivity contribution in [1.29, 1.82) is 0 Å². The molecule has 1 aliphatic heterocycles. The van der Waals surface area contributed by atoms with Crippen molar-refractivity contribution >= 4 is 0 Å². The van der Waals surface area contributed by atoms with E-state index in [1.54, 1.807) is 0 Å². The second-order valence-corrected chi connectivity index (χ2v) is 4.92. The topological polar surface area (TPSA) is 47.9 Å². The Morgan fingerprint density at radius 2 is 1.94 bits per heavy atom. The zero-order valence-corrected chi connectivity index (χ0v) is 10.2. The molecule has 17 heavy (non-hydrogen) atoms. The van der Waals surface area contributed by atoms with E-state index in [0.29, 0.717) is 19.8 Å². The average Bonchev–Trinajstić information content (AvgIpc) is 2.36. The van der Waals surface area contributed by atoms with Crippen molar-refractivity contribution in [1.82, 2.24) is 0 Å². The Hall–Kier alpha value is -1.42. The Kier molecular flexibility index (Phi) is 3.43. The molecule has 0 saturated carbocycles. The summed E-state index contributed by atoms with van der Waals surface area (Å²) in [7, 11) is 0. The molecule has 1 heterocycles. The molecular formula is C13H18O4. The van der Waals surface area contributed by atoms with Crippen LogP contribution < -0.4 is 14.2 Å². The van der Waals surface area contributed by atoms with Crippen LogP contribution in [0.5, 0.6) is 17.2 Å². The Morgan fingerprint density at radius 1 is 1.24 bits per heavy atom. The fourth-order valence-electron chi connectivity index (χ4n) is 1.44. The van der Waals surface area contributed by atoms with Gasteiger partial charge in [0.2, 0.25) is 0 Å². The summed E-state index contributed by atoms with van der Waals surface area (Å²) in [5, 5.41) is 9.14. The number of benzene rings is 1. The van der Waals surface area contributed by atoms with Crippen molar-refractivity contribution in [2.24, 2.45) is 5.41 Å². The number of hydrogen-bond donors (Lipinski definition) is 1. The molecule has 1 aliphatic rings. The van der Waals surface area contributed by atoms with Crippen LogP contribution in [0.15, 0.2) is 18.2 Å². The summed E-state index contributed by atoms with van der Waals surface area (Å²) in [6.45, 7) is 5.61. The minimum Gasteiger partial charge on any atom is -0.493 e. The summed E-state index contributed by atoms with van der Waals surface area (Å²) in [4.78, 5) is 0. The lowest BCUT2D eigenvalue weighted by Gasteiger charge is -2.23. The molecule has 0 aromatic heterocycles. The van der Waals surface area contributed by atoms with E-state index in [1.165, 1.54) is 0 Å². The molecule has 0 spiro atoms. The van der Waals surface area contributed by atoms with E-state index in [4.69, 9.17) is 19.3 Å². The van der Waals surface area contributed by atoms with Gasteiger partial charge in [0, 0.05) is 11.5 Å². The van der Waals surface area contributed by atoms with Crippen molar-refractivity contribution in [2.75, 3.05) is 26.4 Å². The maximum Gasteiger partial charge on any atom is 0.165 e. The third kappa shape index (κ3) is 3.03. The van der Waals surface area contributed by atoms with E-state index in [1.807, 2.05) is 32.0 Å². The van der Waals surface area contributed by atoms with Crippen molar-refractivity contribution < 1.29 is 19.3 Å². The molecule has 1 aromatic rings. The van der Waals surface area contributed by atoms with Gasteiger partial charge in [-0.15, -0.1) is 0 Å². The lowest BCUT2D eigenvalue weighted by Crippen LogP contribution is -2.25. The molecule has 4 heteroatoms. The summed E-state index contributed by atoms with van der Waals surface area (Å²) in [5.41, 5.74) is -0.243. The van der Waals surface area contributed by atoms with Crippen LogP contribution in [-0.2, 0) is 0 Å².